The van der Waals surface area contributed by atoms with Crippen molar-refractivity contribution in [2.75, 3.05) is 0 Å². The lowest BCUT2D eigenvalue weighted by Gasteiger charge is -2.06. The van der Waals surface area contributed by atoms with Crippen LogP contribution in [0.3, 0.4) is 0 Å². The van der Waals surface area contributed by atoms with E-state index in [9.17, 15) is 4.79 Å². The Morgan fingerprint density at radius 1 is 1.21 bits per heavy atom. The summed E-state index contributed by atoms with van der Waals surface area (Å²) in [4.78, 5) is 16.4. The lowest BCUT2D eigenvalue weighted by Crippen LogP contribution is -2.23. The Bertz CT molecular complexity index is 833. The van der Waals surface area contributed by atoms with Gasteiger partial charge in [-0.05, 0) is 23.3 Å². The van der Waals surface area contributed by atoms with E-state index in [2.05, 4.69) is 10.3 Å². The van der Waals surface area contributed by atoms with Gasteiger partial charge in [0.25, 0.3) is 5.91 Å². The van der Waals surface area contributed by atoms with Crippen LogP contribution in [0.2, 0.25) is 5.02 Å². The molecule has 1 heterocycles. The van der Waals surface area contributed by atoms with Crippen molar-refractivity contribution in [1.29, 1.82) is 0 Å². The van der Waals surface area contributed by atoms with E-state index in [1.54, 1.807) is 12.1 Å². The molecule has 3 N–H and O–H groups in total. The second-order valence-electron chi connectivity index (χ2n) is 5.27. The van der Waals surface area contributed by atoms with Gasteiger partial charge in [0, 0.05) is 11.6 Å². The van der Waals surface area contributed by atoms with Crippen molar-refractivity contribution < 1.29 is 9.21 Å². The van der Waals surface area contributed by atoms with Crippen LogP contribution in [0.1, 0.15) is 33.5 Å². The molecule has 0 saturated carbocycles. The average Bonchev–Trinajstić information content (AvgIpc) is 3.10. The van der Waals surface area contributed by atoms with Crippen LogP contribution in [-0.4, -0.2) is 10.9 Å². The normalized spacial score (nSPS) is 11.9. The monoisotopic (exact) mass is 341 g/mol. The minimum Gasteiger partial charge on any atom is -0.446 e. The largest absolute Gasteiger partial charge is 0.446 e. The predicted octanol–water partition coefficient (Wildman–Crippen LogP) is 3.31. The molecule has 1 aromatic heterocycles. The van der Waals surface area contributed by atoms with E-state index in [4.69, 9.17) is 21.8 Å². The quantitative estimate of drug-likeness (QED) is 0.746. The second-order valence-corrected chi connectivity index (χ2v) is 5.71. The topological polar surface area (TPSA) is 81.1 Å². The Labute approximate surface area is 144 Å². The van der Waals surface area contributed by atoms with Gasteiger partial charge < -0.3 is 15.5 Å². The maximum Gasteiger partial charge on any atom is 0.273 e. The van der Waals surface area contributed by atoms with E-state index in [0.717, 1.165) is 11.1 Å². The summed E-state index contributed by atoms with van der Waals surface area (Å²) >= 11 is 5.92. The molecule has 3 rings (SSSR count). The maximum atomic E-state index is 12.2. The number of hydrogen-bond donors (Lipinski definition) is 2. The summed E-state index contributed by atoms with van der Waals surface area (Å²) in [7, 11) is 0. The Balaban J connectivity index is 1.65. The first-order chi connectivity index (χ1) is 11.6. The smallest absolute Gasteiger partial charge is 0.273 e. The van der Waals surface area contributed by atoms with E-state index < -0.39 is 6.04 Å². The molecule has 0 aliphatic carbocycles. The third-order valence-electron chi connectivity index (χ3n) is 3.52. The first-order valence-electron chi connectivity index (χ1n) is 7.42. The molecule has 0 radical (unpaired) electrons. The van der Waals surface area contributed by atoms with Gasteiger partial charge in [-0.1, -0.05) is 54.1 Å². The summed E-state index contributed by atoms with van der Waals surface area (Å²) in [6.07, 6.45) is 1.31. The van der Waals surface area contributed by atoms with Crippen LogP contribution < -0.4 is 11.1 Å². The predicted molar refractivity (Wildman–Crippen MR) is 91.6 cm³/mol. The van der Waals surface area contributed by atoms with E-state index in [1.165, 1.54) is 6.26 Å². The Morgan fingerprint density at radius 2 is 2.00 bits per heavy atom. The summed E-state index contributed by atoms with van der Waals surface area (Å²) in [5.41, 5.74) is 8.07. The zero-order chi connectivity index (χ0) is 16.9. The minimum atomic E-state index is -0.513. The molecule has 24 heavy (non-hydrogen) atoms. The van der Waals surface area contributed by atoms with Crippen LogP contribution in [0.15, 0.2) is 65.3 Å². The number of amides is 1. The molecule has 2 aromatic carbocycles. The van der Waals surface area contributed by atoms with Crippen molar-refractivity contribution in [3.63, 3.8) is 0 Å². The third kappa shape index (κ3) is 3.82. The molecule has 0 aliphatic heterocycles. The molecule has 122 valence electrons. The summed E-state index contributed by atoms with van der Waals surface area (Å²) in [5, 5.41) is 3.40. The van der Waals surface area contributed by atoms with E-state index >= 15 is 0 Å². The molecule has 0 aliphatic rings. The molecule has 5 nitrogen and oxygen atoms in total. The number of halogens is 1. The molecule has 0 fully saturated rings. The van der Waals surface area contributed by atoms with Crippen molar-refractivity contribution in [2.45, 2.75) is 12.6 Å². The molecule has 3 aromatic rings. The van der Waals surface area contributed by atoms with Gasteiger partial charge in [-0.15, -0.1) is 0 Å². The van der Waals surface area contributed by atoms with Gasteiger partial charge in [0.2, 0.25) is 5.89 Å². The van der Waals surface area contributed by atoms with E-state index in [-0.39, 0.29) is 11.6 Å². The number of aromatic nitrogens is 1. The fraction of sp³-hybridized carbons (Fsp3) is 0.111. The Hall–Kier alpha value is -2.63. The summed E-state index contributed by atoms with van der Waals surface area (Å²) in [5.74, 6) is -0.0284. The lowest BCUT2D eigenvalue weighted by atomic mass is 10.1. The van der Waals surface area contributed by atoms with Crippen LogP contribution in [0.25, 0.3) is 0 Å². The summed E-state index contributed by atoms with van der Waals surface area (Å²) in [6.45, 7) is 0.353. The number of nitrogens with one attached hydrogen (secondary N) is 1. The molecule has 0 saturated heterocycles. The number of benzene rings is 2. The molecular weight excluding hydrogens is 326 g/mol. The van der Waals surface area contributed by atoms with Crippen LogP contribution in [0.5, 0.6) is 0 Å². The molecule has 6 heteroatoms. The number of oxazole rings is 1. The zero-order valence-electron chi connectivity index (χ0n) is 12.8. The van der Waals surface area contributed by atoms with Crippen molar-refractivity contribution in [2.24, 2.45) is 5.73 Å². The molecule has 1 amide bonds. The highest BCUT2D eigenvalue weighted by atomic mass is 35.5. The van der Waals surface area contributed by atoms with Gasteiger partial charge >= 0.3 is 0 Å². The molecular formula is C18H16ClN3O2. The molecule has 1 unspecified atom stereocenters. The second kappa shape index (κ2) is 7.29. The van der Waals surface area contributed by atoms with Crippen molar-refractivity contribution in [3.8, 4) is 0 Å². The molecule has 0 spiro atoms. The first-order valence-corrected chi connectivity index (χ1v) is 7.80. The Kier molecular flexibility index (Phi) is 4.93. The van der Waals surface area contributed by atoms with Gasteiger partial charge in [-0.25, -0.2) is 4.98 Å². The highest BCUT2D eigenvalue weighted by Gasteiger charge is 2.18. The van der Waals surface area contributed by atoms with Gasteiger partial charge in [-0.2, -0.15) is 0 Å². The van der Waals surface area contributed by atoms with Crippen molar-refractivity contribution >= 4 is 17.5 Å². The zero-order valence-corrected chi connectivity index (χ0v) is 13.5. The lowest BCUT2D eigenvalue weighted by molar-refractivity contribution is 0.0946. The van der Waals surface area contributed by atoms with Gasteiger partial charge in [0.1, 0.15) is 12.3 Å². The summed E-state index contributed by atoms with van der Waals surface area (Å²) in [6, 6.07) is 16.2. The number of rotatable bonds is 5. The van der Waals surface area contributed by atoms with Crippen molar-refractivity contribution in [1.82, 2.24) is 10.3 Å². The summed E-state index contributed by atoms with van der Waals surface area (Å²) < 4.78 is 5.36. The minimum absolute atomic E-state index is 0.193. The highest BCUT2D eigenvalue weighted by molar-refractivity contribution is 6.30. The van der Waals surface area contributed by atoms with Crippen molar-refractivity contribution in [3.05, 3.63) is 88.6 Å². The molecule has 0 bridgehead atoms. The number of nitrogens with two attached hydrogens (primary N) is 1. The van der Waals surface area contributed by atoms with Crippen LogP contribution in [0.4, 0.5) is 0 Å². The fourth-order valence-electron chi connectivity index (χ4n) is 2.26. The maximum absolute atomic E-state index is 12.2. The highest BCUT2D eigenvalue weighted by Crippen LogP contribution is 2.18. The molecule has 1 atom stereocenters. The third-order valence-corrected chi connectivity index (χ3v) is 3.76. The number of carbonyl (C=O) groups is 1. The van der Waals surface area contributed by atoms with Gasteiger partial charge in [0.05, 0.1) is 0 Å². The fourth-order valence-corrected chi connectivity index (χ4v) is 2.47. The number of carbonyl (C=O) groups excluding carboxylic acids is 1. The number of hydrogen-bond acceptors (Lipinski definition) is 4. The van der Waals surface area contributed by atoms with Crippen LogP contribution in [-0.2, 0) is 6.54 Å². The average molecular weight is 342 g/mol. The Morgan fingerprint density at radius 3 is 2.75 bits per heavy atom. The van der Waals surface area contributed by atoms with Gasteiger partial charge in [0.15, 0.2) is 5.69 Å². The standard InChI is InChI=1S/C18H16ClN3O2/c19-14-8-4-5-12(9-14)10-21-17(23)15-11-24-18(22-15)16(20)13-6-2-1-3-7-13/h1-9,11,16H,10,20H2,(H,21,23). The van der Waals surface area contributed by atoms with E-state index in [0.29, 0.717) is 17.5 Å². The van der Waals surface area contributed by atoms with Crippen LogP contribution >= 0.6 is 11.6 Å². The van der Waals surface area contributed by atoms with Crippen LogP contribution in [0, 0.1) is 0 Å². The SMILES string of the molecule is NC(c1ccccc1)c1nc(C(=O)NCc2cccc(Cl)c2)co1. The van der Waals surface area contributed by atoms with Gasteiger partial charge in [-0.3, -0.25) is 4.79 Å². The van der Waals surface area contributed by atoms with E-state index in [1.807, 2.05) is 42.5 Å². The number of nitrogens with zero attached hydrogens (tertiary/aromatic N) is 1. The first kappa shape index (κ1) is 16.2.